The minimum atomic E-state index is 0.551. The van der Waals surface area contributed by atoms with E-state index in [1.54, 1.807) is 0 Å². The molecule has 2 aromatic heterocycles. The number of aldehydes is 1. The van der Waals surface area contributed by atoms with Gasteiger partial charge >= 0.3 is 0 Å². The van der Waals surface area contributed by atoms with Gasteiger partial charge in [-0.3, -0.25) is 4.79 Å². The van der Waals surface area contributed by atoms with Crippen LogP contribution in [0.25, 0.3) is 22.3 Å². The minimum Gasteiger partial charge on any atom is -0.396 e. The SMILES string of the molecule is Cc1cc(N)c(Nc2ccccc2-c2cccc(C=O)c2-c2ccccc2Nc2nc(C)c(C)cc2N)nc1C. The monoisotopic (exact) mass is 528 g/mol. The van der Waals surface area contributed by atoms with Crippen LogP contribution in [0.2, 0.25) is 0 Å². The van der Waals surface area contributed by atoms with Gasteiger partial charge in [0.2, 0.25) is 0 Å². The van der Waals surface area contributed by atoms with Crippen molar-refractivity contribution in [2.45, 2.75) is 27.7 Å². The predicted molar refractivity (Wildman–Crippen MR) is 166 cm³/mol. The predicted octanol–water partition coefficient (Wildman–Crippen LogP) is 7.51. The van der Waals surface area contributed by atoms with Crippen LogP contribution >= 0.6 is 0 Å². The molecular formula is C33H32N6O. The highest BCUT2D eigenvalue weighted by molar-refractivity contribution is 6.02. The van der Waals surface area contributed by atoms with Crippen molar-refractivity contribution in [3.63, 3.8) is 0 Å². The molecule has 0 bridgehead atoms. The average Bonchev–Trinajstić information content (AvgIpc) is 2.95. The van der Waals surface area contributed by atoms with E-state index in [2.05, 4.69) is 20.6 Å². The van der Waals surface area contributed by atoms with E-state index in [0.717, 1.165) is 62.4 Å². The molecule has 6 N–H and O–H groups in total. The number of nitrogens with zero attached hydrogens (tertiary/aromatic N) is 2. The van der Waals surface area contributed by atoms with Crippen molar-refractivity contribution < 1.29 is 4.79 Å². The van der Waals surface area contributed by atoms with E-state index in [1.165, 1.54) is 0 Å². The summed E-state index contributed by atoms with van der Waals surface area (Å²) in [6.07, 6.45) is 0.886. The summed E-state index contributed by atoms with van der Waals surface area (Å²) >= 11 is 0. The van der Waals surface area contributed by atoms with Crippen LogP contribution in [-0.2, 0) is 0 Å². The first-order valence-corrected chi connectivity index (χ1v) is 13.0. The van der Waals surface area contributed by atoms with Crippen molar-refractivity contribution in [3.05, 3.63) is 107 Å². The lowest BCUT2D eigenvalue weighted by molar-refractivity contribution is 0.112. The van der Waals surface area contributed by atoms with E-state index in [0.29, 0.717) is 28.6 Å². The first-order chi connectivity index (χ1) is 19.3. The summed E-state index contributed by atoms with van der Waals surface area (Å²) in [4.78, 5) is 21.7. The summed E-state index contributed by atoms with van der Waals surface area (Å²) in [7, 11) is 0. The topological polar surface area (TPSA) is 119 Å². The quantitative estimate of drug-likeness (QED) is 0.161. The number of nitrogens with two attached hydrogens (primary N) is 2. The zero-order valence-electron chi connectivity index (χ0n) is 23.0. The van der Waals surface area contributed by atoms with Gasteiger partial charge in [0.05, 0.1) is 11.4 Å². The van der Waals surface area contributed by atoms with E-state index in [9.17, 15) is 4.79 Å². The molecule has 0 spiro atoms. The summed E-state index contributed by atoms with van der Waals surface area (Å²) in [5.74, 6) is 1.15. The van der Waals surface area contributed by atoms with E-state index in [4.69, 9.17) is 11.5 Å². The molecule has 0 atom stereocenters. The molecular weight excluding hydrogens is 496 g/mol. The molecule has 5 rings (SSSR count). The van der Waals surface area contributed by atoms with Gasteiger partial charge in [0.15, 0.2) is 17.9 Å². The van der Waals surface area contributed by atoms with Crippen LogP contribution in [0.4, 0.5) is 34.4 Å². The standard InChI is InChI=1S/C33H32N6O/c1-19-16-27(34)32(36-21(19)3)38-29-14-7-5-11-24(29)25-13-9-10-23(18-40)31(25)26-12-6-8-15-30(26)39-33-28(35)17-20(2)22(4)37-33/h5-18H,34-35H2,1-4H3,(H,36,38)(H,37,39). The minimum absolute atomic E-state index is 0.551. The number of hydrogen-bond acceptors (Lipinski definition) is 7. The Balaban J connectivity index is 1.66. The van der Waals surface area contributed by atoms with Crippen molar-refractivity contribution >= 4 is 40.7 Å². The number of rotatable bonds is 7. The molecule has 0 saturated carbocycles. The molecule has 0 aliphatic carbocycles. The summed E-state index contributed by atoms with van der Waals surface area (Å²) in [5.41, 5.74) is 23.2. The molecule has 7 heteroatoms. The van der Waals surface area contributed by atoms with Crippen LogP contribution in [0, 0.1) is 27.7 Å². The summed E-state index contributed by atoms with van der Waals surface area (Å²) in [6, 6.07) is 25.3. The molecule has 0 aliphatic rings. The summed E-state index contributed by atoms with van der Waals surface area (Å²) < 4.78 is 0. The number of aryl methyl sites for hydroxylation is 4. The van der Waals surface area contributed by atoms with Crippen LogP contribution < -0.4 is 22.1 Å². The second kappa shape index (κ2) is 10.9. The smallest absolute Gasteiger partial charge is 0.153 e. The van der Waals surface area contributed by atoms with E-state index in [-0.39, 0.29) is 0 Å². The number of benzene rings is 3. The van der Waals surface area contributed by atoms with Crippen LogP contribution in [0.3, 0.4) is 0 Å². The number of nitrogen functional groups attached to an aromatic ring is 2. The third-order valence-electron chi connectivity index (χ3n) is 7.13. The fourth-order valence-corrected chi connectivity index (χ4v) is 4.74. The first-order valence-electron chi connectivity index (χ1n) is 13.0. The normalized spacial score (nSPS) is 10.8. The van der Waals surface area contributed by atoms with Gasteiger partial charge in [0.25, 0.3) is 0 Å². The lowest BCUT2D eigenvalue weighted by atomic mass is 9.89. The van der Waals surface area contributed by atoms with Crippen molar-refractivity contribution in [2.24, 2.45) is 0 Å². The van der Waals surface area contributed by atoms with Crippen LogP contribution in [0.15, 0.2) is 78.9 Å². The van der Waals surface area contributed by atoms with Gasteiger partial charge in [-0.2, -0.15) is 0 Å². The number of hydrogen-bond donors (Lipinski definition) is 4. The van der Waals surface area contributed by atoms with E-state index < -0.39 is 0 Å². The maximum atomic E-state index is 12.4. The van der Waals surface area contributed by atoms with Crippen LogP contribution in [0.5, 0.6) is 0 Å². The maximum Gasteiger partial charge on any atom is 0.153 e. The number of nitrogens with one attached hydrogen (secondary N) is 2. The summed E-state index contributed by atoms with van der Waals surface area (Å²) in [6.45, 7) is 7.88. The molecule has 0 amide bonds. The molecule has 200 valence electrons. The van der Waals surface area contributed by atoms with E-state index >= 15 is 0 Å². The Bertz CT molecular complexity index is 1740. The summed E-state index contributed by atoms with van der Waals surface area (Å²) in [5, 5.41) is 6.85. The molecule has 7 nitrogen and oxygen atoms in total. The number of carbonyl (C=O) groups is 1. The Kier molecular flexibility index (Phi) is 7.21. The number of anilines is 6. The van der Waals surface area contributed by atoms with Gasteiger partial charge in [-0.15, -0.1) is 0 Å². The Labute approximate surface area is 234 Å². The second-order valence-electron chi connectivity index (χ2n) is 9.89. The van der Waals surface area contributed by atoms with E-state index in [1.807, 2.05) is 107 Å². The van der Waals surface area contributed by atoms with Gasteiger partial charge in [-0.05, 0) is 68.7 Å². The Morgan fingerprint density at radius 2 is 1.10 bits per heavy atom. The fraction of sp³-hybridized carbons (Fsp3) is 0.121. The van der Waals surface area contributed by atoms with Gasteiger partial charge in [0.1, 0.15) is 0 Å². The molecule has 0 fully saturated rings. The molecule has 2 heterocycles. The van der Waals surface area contributed by atoms with Crippen LogP contribution in [0.1, 0.15) is 32.9 Å². The zero-order chi connectivity index (χ0) is 28.4. The number of carbonyl (C=O) groups excluding carboxylic acids is 1. The Hall–Kier alpha value is -5.17. The lowest BCUT2D eigenvalue weighted by Gasteiger charge is -2.20. The fourth-order valence-electron chi connectivity index (χ4n) is 4.74. The number of para-hydroxylation sites is 2. The molecule has 0 unspecified atom stereocenters. The second-order valence-corrected chi connectivity index (χ2v) is 9.89. The van der Waals surface area contributed by atoms with Crippen molar-refractivity contribution in [2.75, 3.05) is 22.1 Å². The molecule has 0 saturated heterocycles. The molecule has 0 radical (unpaired) electrons. The number of pyridine rings is 2. The highest BCUT2D eigenvalue weighted by atomic mass is 16.1. The highest BCUT2D eigenvalue weighted by Gasteiger charge is 2.19. The average molecular weight is 529 g/mol. The Morgan fingerprint density at radius 1 is 0.625 bits per heavy atom. The highest BCUT2D eigenvalue weighted by Crippen LogP contribution is 2.42. The lowest BCUT2D eigenvalue weighted by Crippen LogP contribution is -2.05. The third kappa shape index (κ3) is 5.09. The van der Waals surface area contributed by atoms with Gasteiger partial charge < -0.3 is 22.1 Å². The maximum absolute atomic E-state index is 12.4. The molecule has 5 aromatic rings. The third-order valence-corrected chi connectivity index (χ3v) is 7.13. The van der Waals surface area contributed by atoms with Gasteiger partial charge in [-0.1, -0.05) is 54.6 Å². The number of aromatic nitrogens is 2. The molecule has 3 aromatic carbocycles. The van der Waals surface area contributed by atoms with Crippen molar-refractivity contribution in [1.29, 1.82) is 0 Å². The van der Waals surface area contributed by atoms with Crippen LogP contribution in [-0.4, -0.2) is 16.3 Å². The van der Waals surface area contributed by atoms with Crippen molar-refractivity contribution in [3.8, 4) is 22.3 Å². The molecule has 40 heavy (non-hydrogen) atoms. The zero-order valence-corrected chi connectivity index (χ0v) is 23.0. The first kappa shape index (κ1) is 26.4. The molecule has 0 aliphatic heterocycles. The largest absolute Gasteiger partial charge is 0.396 e. The van der Waals surface area contributed by atoms with Gasteiger partial charge in [0, 0.05) is 45.0 Å². The Morgan fingerprint density at radius 3 is 1.65 bits per heavy atom. The van der Waals surface area contributed by atoms with Crippen molar-refractivity contribution in [1.82, 2.24) is 9.97 Å². The van der Waals surface area contributed by atoms with Gasteiger partial charge in [-0.25, -0.2) is 9.97 Å².